The van der Waals surface area contributed by atoms with Gasteiger partial charge in [-0.25, -0.2) is 4.79 Å². The largest absolute Gasteiger partial charge is 0.465 e. The molecule has 5 nitrogen and oxygen atoms in total. The van der Waals surface area contributed by atoms with E-state index in [1.54, 1.807) is 0 Å². The SMILES string of the molecule is CCCNC(CN1CCOCC1C)(C(=O)OCC)C1CC1. The second-order valence-corrected chi connectivity index (χ2v) is 6.29. The summed E-state index contributed by atoms with van der Waals surface area (Å²) in [7, 11) is 0. The maximum Gasteiger partial charge on any atom is 0.327 e. The van der Waals surface area contributed by atoms with Crippen LogP contribution < -0.4 is 5.32 Å². The summed E-state index contributed by atoms with van der Waals surface area (Å²) < 4.78 is 10.9. The molecule has 1 aliphatic heterocycles. The summed E-state index contributed by atoms with van der Waals surface area (Å²) >= 11 is 0. The molecule has 1 N–H and O–H groups in total. The van der Waals surface area contributed by atoms with E-state index in [1.807, 2.05) is 6.92 Å². The van der Waals surface area contributed by atoms with Gasteiger partial charge in [-0.1, -0.05) is 6.92 Å². The molecule has 2 unspecified atom stereocenters. The number of esters is 1. The Balaban J connectivity index is 2.14. The lowest BCUT2D eigenvalue weighted by atomic mass is 9.91. The van der Waals surface area contributed by atoms with Crippen LogP contribution in [0.4, 0.5) is 0 Å². The highest BCUT2D eigenvalue weighted by Crippen LogP contribution is 2.41. The summed E-state index contributed by atoms with van der Waals surface area (Å²) in [6.07, 6.45) is 3.26. The molecule has 1 saturated heterocycles. The Hall–Kier alpha value is -0.650. The van der Waals surface area contributed by atoms with Crippen molar-refractivity contribution in [2.75, 3.05) is 39.5 Å². The van der Waals surface area contributed by atoms with Gasteiger partial charge in [0.05, 0.1) is 19.8 Å². The molecule has 0 bridgehead atoms. The molecule has 122 valence electrons. The highest BCUT2D eigenvalue weighted by Gasteiger charge is 2.53. The summed E-state index contributed by atoms with van der Waals surface area (Å²) in [6, 6.07) is 0.356. The molecule has 2 fully saturated rings. The Labute approximate surface area is 128 Å². The van der Waals surface area contributed by atoms with Gasteiger partial charge in [0, 0.05) is 19.1 Å². The molecule has 1 heterocycles. The van der Waals surface area contributed by atoms with Crippen molar-refractivity contribution in [3.05, 3.63) is 0 Å². The second-order valence-electron chi connectivity index (χ2n) is 6.29. The second kappa shape index (κ2) is 7.56. The molecular formula is C16H30N2O3. The highest BCUT2D eigenvalue weighted by atomic mass is 16.5. The van der Waals surface area contributed by atoms with Crippen molar-refractivity contribution in [3.63, 3.8) is 0 Å². The lowest BCUT2D eigenvalue weighted by Crippen LogP contribution is -2.63. The molecule has 0 amide bonds. The van der Waals surface area contributed by atoms with E-state index in [2.05, 4.69) is 24.1 Å². The zero-order valence-corrected chi connectivity index (χ0v) is 13.7. The smallest absolute Gasteiger partial charge is 0.327 e. The van der Waals surface area contributed by atoms with Crippen LogP contribution in [-0.2, 0) is 14.3 Å². The van der Waals surface area contributed by atoms with Gasteiger partial charge in [-0.2, -0.15) is 0 Å². The van der Waals surface area contributed by atoms with Crippen molar-refractivity contribution < 1.29 is 14.3 Å². The number of nitrogens with zero attached hydrogens (tertiary/aromatic N) is 1. The Kier molecular flexibility index (Phi) is 6.02. The zero-order valence-electron chi connectivity index (χ0n) is 13.7. The van der Waals surface area contributed by atoms with Crippen LogP contribution in [0.2, 0.25) is 0 Å². The number of ether oxygens (including phenoxy) is 2. The molecule has 0 aromatic carbocycles. The molecule has 1 saturated carbocycles. The Morgan fingerprint density at radius 1 is 1.43 bits per heavy atom. The third-order valence-electron chi connectivity index (χ3n) is 4.56. The predicted octanol–water partition coefficient (Wildman–Crippen LogP) is 1.42. The Morgan fingerprint density at radius 2 is 2.19 bits per heavy atom. The van der Waals surface area contributed by atoms with E-state index in [9.17, 15) is 4.79 Å². The van der Waals surface area contributed by atoms with Crippen molar-refractivity contribution >= 4 is 5.97 Å². The van der Waals surface area contributed by atoms with Crippen LogP contribution in [-0.4, -0.2) is 61.9 Å². The van der Waals surface area contributed by atoms with Gasteiger partial charge in [0.2, 0.25) is 0 Å². The van der Waals surface area contributed by atoms with E-state index in [0.29, 0.717) is 18.6 Å². The van der Waals surface area contributed by atoms with Gasteiger partial charge in [0.1, 0.15) is 5.54 Å². The quantitative estimate of drug-likeness (QED) is 0.687. The van der Waals surface area contributed by atoms with Crippen molar-refractivity contribution in [3.8, 4) is 0 Å². The number of nitrogens with one attached hydrogen (secondary N) is 1. The highest BCUT2D eigenvalue weighted by molar-refractivity contribution is 5.82. The van der Waals surface area contributed by atoms with Crippen LogP contribution in [0, 0.1) is 5.92 Å². The fourth-order valence-corrected chi connectivity index (χ4v) is 3.13. The van der Waals surface area contributed by atoms with Crippen LogP contribution in [0.15, 0.2) is 0 Å². The fourth-order valence-electron chi connectivity index (χ4n) is 3.13. The van der Waals surface area contributed by atoms with Crippen molar-refractivity contribution in [2.45, 2.75) is 51.6 Å². The number of hydrogen-bond acceptors (Lipinski definition) is 5. The molecule has 0 aromatic rings. The predicted molar refractivity (Wildman–Crippen MR) is 82.2 cm³/mol. The van der Waals surface area contributed by atoms with Crippen LogP contribution in [0.1, 0.15) is 40.0 Å². The molecule has 0 aromatic heterocycles. The molecule has 2 aliphatic rings. The first-order chi connectivity index (χ1) is 10.1. The van der Waals surface area contributed by atoms with Crippen molar-refractivity contribution in [1.29, 1.82) is 0 Å². The Morgan fingerprint density at radius 3 is 2.76 bits per heavy atom. The van der Waals surface area contributed by atoms with Gasteiger partial charge in [-0.3, -0.25) is 4.90 Å². The molecule has 0 radical (unpaired) electrons. The van der Waals surface area contributed by atoms with Gasteiger partial charge in [-0.05, 0) is 45.6 Å². The van der Waals surface area contributed by atoms with Crippen LogP contribution in [0.3, 0.4) is 0 Å². The monoisotopic (exact) mass is 298 g/mol. The summed E-state index contributed by atoms with van der Waals surface area (Å²) in [5, 5.41) is 3.54. The first kappa shape index (κ1) is 16.7. The van der Waals surface area contributed by atoms with Crippen LogP contribution >= 0.6 is 0 Å². The summed E-state index contributed by atoms with van der Waals surface area (Å²) in [5.41, 5.74) is -0.530. The molecule has 0 spiro atoms. The normalized spacial score (nSPS) is 26.3. The van der Waals surface area contributed by atoms with E-state index >= 15 is 0 Å². The average Bonchev–Trinajstić information content (AvgIpc) is 3.31. The number of rotatable bonds is 8. The maximum absolute atomic E-state index is 12.7. The molecule has 21 heavy (non-hydrogen) atoms. The minimum absolute atomic E-state index is 0.0698. The number of hydrogen-bond donors (Lipinski definition) is 1. The van der Waals surface area contributed by atoms with E-state index in [4.69, 9.17) is 9.47 Å². The van der Waals surface area contributed by atoms with Crippen LogP contribution in [0.5, 0.6) is 0 Å². The minimum atomic E-state index is -0.530. The molecule has 1 aliphatic carbocycles. The summed E-state index contributed by atoms with van der Waals surface area (Å²) in [4.78, 5) is 15.1. The van der Waals surface area contributed by atoms with Crippen molar-refractivity contribution in [2.24, 2.45) is 5.92 Å². The fraction of sp³-hybridized carbons (Fsp3) is 0.938. The molecular weight excluding hydrogens is 268 g/mol. The maximum atomic E-state index is 12.7. The summed E-state index contributed by atoms with van der Waals surface area (Å²) in [6.45, 7) is 10.6. The first-order valence-corrected chi connectivity index (χ1v) is 8.38. The third-order valence-corrected chi connectivity index (χ3v) is 4.56. The van der Waals surface area contributed by atoms with Gasteiger partial charge < -0.3 is 14.8 Å². The van der Waals surface area contributed by atoms with E-state index in [1.165, 1.54) is 0 Å². The summed E-state index contributed by atoms with van der Waals surface area (Å²) in [5.74, 6) is 0.345. The lowest BCUT2D eigenvalue weighted by molar-refractivity contribution is -0.154. The van der Waals surface area contributed by atoms with Crippen molar-refractivity contribution in [1.82, 2.24) is 10.2 Å². The Bertz CT molecular complexity index is 346. The topological polar surface area (TPSA) is 50.8 Å². The number of morpholine rings is 1. The van der Waals surface area contributed by atoms with Gasteiger partial charge >= 0.3 is 5.97 Å². The van der Waals surface area contributed by atoms with Gasteiger partial charge in [-0.15, -0.1) is 0 Å². The standard InChI is InChI=1S/C16H30N2O3/c1-4-8-17-16(14-6-7-14,15(19)21-5-2)12-18-9-10-20-11-13(18)3/h13-14,17H,4-12H2,1-3H3. The van der Waals surface area contributed by atoms with E-state index in [-0.39, 0.29) is 5.97 Å². The minimum Gasteiger partial charge on any atom is -0.465 e. The third kappa shape index (κ3) is 3.96. The zero-order chi connectivity index (χ0) is 15.3. The number of carbonyl (C=O) groups is 1. The first-order valence-electron chi connectivity index (χ1n) is 8.38. The van der Waals surface area contributed by atoms with E-state index in [0.717, 1.165) is 52.1 Å². The average molecular weight is 298 g/mol. The van der Waals surface area contributed by atoms with Gasteiger partial charge in [0.15, 0.2) is 0 Å². The molecule has 2 atom stereocenters. The molecule has 2 rings (SSSR count). The lowest BCUT2D eigenvalue weighted by Gasteiger charge is -2.41. The van der Waals surface area contributed by atoms with Gasteiger partial charge in [0.25, 0.3) is 0 Å². The van der Waals surface area contributed by atoms with Crippen LogP contribution in [0.25, 0.3) is 0 Å². The number of carbonyl (C=O) groups excluding carboxylic acids is 1. The van der Waals surface area contributed by atoms with E-state index < -0.39 is 5.54 Å². The molecule has 5 heteroatoms.